The van der Waals surface area contributed by atoms with Gasteiger partial charge >= 0.3 is 0 Å². The summed E-state index contributed by atoms with van der Waals surface area (Å²) in [5.41, 5.74) is 0.837. The molecule has 0 unspecified atom stereocenters. The lowest BCUT2D eigenvalue weighted by Gasteiger charge is -2.06. The van der Waals surface area contributed by atoms with Gasteiger partial charge in [-0.1, -0.05) is 29.8 Å². The second-order valence-corrected chi connectivity index (χ2v) is 4.68. The highest BCUT2D eigenvalue weighted by Gasteiger charge is 2.12. The first-order chi connectivity index (χ1) is 10.3. The summed E-state index contributed by atoms with van der Waals surface area (Å²) in [5.74, 6) is 2.01. The minimum absolute atomic E-state index is 0.420. The number of para-hydroxylation sites is 1. The van der Waals surface area contributed by atoms with Crippen LogP contribution in [0, 0.1) is 0 Å². The van der Waals surface area contributed by atoms with Crippen molar-refractivity contribution < 1.29 is 9.47 Å². The summed E-state index contributed by atoms with van der Waals surface area (Å²) in [4.78, 5) is 0. The maximum Gasteiger partial charge on any atom is 0.184 e. The van der Waals surface area contributed by atoms with Gasteiger partial charge in [-0.2, -0.15) is 5.10 Å². The summed E-state index contributed by atoms with van der Waals surface area (Å²) in [6.45, 7) is 0. The average molecular weight is 301 g/mol. The topological polar surface area (TPSA) is 36.3 Å². The number of halogens is 1. The van der Waals surface area contributed by atoms with Crippen molar-refractivity contribution in [1.29, 1.82) is 0 Å². The van der Waals surface area contributed by atoms with Crippen LogP contribution in [-0.2, 0) is 0 Å². The molecule has 0 N–H and O–H groups in total. The van der Waals surface area contributed by atoms with E-state index in [1.165, 1.54) is 0 Å². The minimum Gasteiger partial charge on any atom is -0.497 e. The molecule has 0 bridgehead atoms. The number of ether oxygens (including phenoxy) is 2. The van der Waals surface area contributed by atoms with Gasteiger partial charge in [0.2, 0.25) is 0 Å². The number of aromatic nitrogens is 2. The molecule has 4 nitrogen and oxygen atoms in total. The van der Waals surface area contributed by atoms with E-state index in [4.69, 9.17) is 21.1 Å². The zero-order chi connectivity index (χ0) is 14.7. The molecule has 0 amide bonds. The molecule has 1 heterocycles. The van der Waals surface area contributed by atoms with E-state index >= 15 is 0 Å². The lowest BCUT2D eigenvalue weighted by Crippen LogP contribution is -1.96. The number of methoxy groups -OCH3 is 1. The van der Waals surface area contributed by atoms with Gasteiger partial charge in [-0.15, -0.1) is 0 Å². The molecule has 1 aromatic heterocycles. The van der Waals surface area contributed by atoms with E-state index in [0.717, 1.165) is 11.4 Å². The zero-order valence-corrected chi connectivity index (χ0v) is 12.1. The van der Waals surface area contributed by atoms with Crippen LogP contribution in [0.3, 0.4) is 0 Å². The Hall–Kier alpha value is -2.46. The van der Waals surface area contributed by atoms with Gasteiger partial charge in [-0.05, 0) is 36.4 Å². The average Bonchev–Trinajstić information content (AvgIpc) is 2.89. The van der Waals surface area contributed by atoms with E-state index in [2.05, 4.69) is 5.10 Å². The summed E-state index contributed by atoms with van der Waals surface area (Å²) in [5, 5.41) is 4.68. The highest BCUT2D eigenvalue weighted by molar-refractivity contribution is 6.31. The molecule has 0 aliphatic rings. The van der Waals surface area contributed by atoms with Crippen LogP contribution in [0.1, 0.15) is 0 Å². The quantitative estimate of drug-likeness (QED) is 0.719. The van der Waals surface area contributed by atoms with Crippen molar-refractivity contribution in [2.24, 2.45) is 0 Å². The number of hydrogen-bond acceptors (Lipinski definition) is 3. The van der Waals surface area contributed by atoms with Crippen molar-refractivity contribution in [1.82, 2.24) is 9.78 Å². The van der Waals surface area contributed by atoms with Gasteiger partial charge < -0.3 is 9.47 Å². The Kier molecular flexibility index (Phi) is 3.79. The van der Waals surface area contributed by atoms with Gasteiger partial charge in [0.25, 0.3) is 0 Å². The normalized spacial score (nSPS) is 10.4. The van der Waals surface area contributed by atoms with Crippen molar-refractivity contribution in [3.63, 3.8) is 0 Å². The lowest BCUT2D eigenvalue weighted by atomic mass is 10.3. The highest BCUT2D eigenvalue weighted by atomic mass is 35.5. The van der Waals surface area contributed by atoms with Gasteiger partial charge in [0, 0.05) is 0 Å². The Morgan fingerprint density at radius 3 is 2.33 bits per heavy atom. The third kappa shape index (κ3) is 2.85. The molecular weight excluding hydrogens is 288 g/mol. The van der Waals surface area contributed by atoms with Crippen molar-refractivity contribution in [2.75, 3.05) is 7.11 Å². The lowest BCUT2D eigenvalue weighted by molar-refractivity contribution is 0.414. The predicted octanol–water partition coefficient (Wildman–Crippen LogP) is 4.33. The molecule has 0 radical (unpaired) electrons. The number of rotatable bonds is 4. The first-order valence-electron chi connectivity index (χ1n) is 6.39. The Bertz CT molecular complexity index is 724. The smallest absolute Gasteiger partial charge is 0.184 e. The van der Waals surface area contributed by atoms with E-state index < -0.39 is 0 Å². The van der Waals surface area contributed by atoms with Gasteiger partial charge in [-0.3, -0.25) is 0 Å². The summed E-state index contributed by atoms with van der Waals surface area (Å²) >= 11 is 6.33. The molecule has 3 rings (SSSR count). The van der Waals surface area contributed by atoms with Crippen LogP contribution in [0.4, 0.5) is 0 Å². The maximum absolute atomic E-state index is 6.33. The Morgan fingerprint density at radius 1 is 0.952 bits per heavy atom. The standard InChI is InChI=1S/C16H13ClN2O2/c1-20-13-9-7-12(8-10-13)19-16(17)15(11-18-19)21-14-5-3-2-4-6-14/h2-11H,1H3. The van der Waals surface area contributed by atoms with Crippen LogP contribution >= 0.6 is 11.6 Å². The van der Waals surface area contributed by atoms with Crippen LogP contribution in [0.25, 0.3) is 5.69 Å². The maximum atomic E-state index is 6.33. The van der Waals surface area contributed by atoms with Crippen molar-refractivity contribution in [3.05, 3.63) is 65.9 Å². The molecule has 0 atom stereocenters. The molecule has 0 aliphatic carbocycles. The Balaban J connectivity index is 1.88. The molecule has 3 aromatic rings. The van der Waals surface area contributed by atoms with Crippen LogP contribution in [0.15, 0.2) is 60.8 Å². The van der Waals surface area contributed by atoms with Crippen LogP contribution in [0.2, 0.25) is 5.15 Å². The fourth-order valence-corrected chi connectivity index (χ4v) is 2.13. The predicted molar refractivity (Wildman–Crippen MR) is 81.6 cm³/mol. The van der Waals surface area contributed by atoms with E-state index in [1.807, 2.05) is 54.6 Å². The minimum atomic E-state index is 0.420. The van der Waals surface area contributed by atoms with Gasteiger partial charge in [-0.25, -0.2) is 4.68 Å². The van der Waals surface area contributed by atoms with E-state index in [0.29, 0.717) is 16.7 Å². The SMILES string of the molecule is COc1ccc(-n2ncc(Oc3ccccc3)c2Cl)cc1. The second kappa shape index (κ2) is 5.89. The monoisotopic (exact) mass is 300 g/mol. The Morgan fingerprint density at radius 2 is 1.67 bits per heavy atom. The third-order valence-corrected chi connectivity index (χ3v) is 3.31. The molecule has 106 valence electrons. The number of hydrogen-bond donors (Lipinski definition) is 0. The largest absolute Gasteiger partial charge is 0.497 e. The number of nitrogens with zero attached hydrogens (tertiary/aromatic N) is 2. The fraction of sp³-hybridized carbons (Fsp3) is 0.0625. The fourth-order valence-electron chi connectivity index (χ4n) is 1.91. The summed E-state index contributed by atoms with van der Waals surface area (Å²) < 4.78 is 12.5. The van der Waals surface area contributed by atoms with Gasteiger partial charge in [0.05, 0.1) is 19.0 Å². The first kappa shape index (κ1) is 13.5. The molecule has 0 spiro atoms. The van der Waals surface area contributed by atoms with E-state index in [-0.39, 0.29) is 0 Å². The summed E-state index contributed by atoms with van der Waals surface area (Å²) in [7, 11) is 1.63. The third-order valence-electron chi connectivity index (χ3n) is 2.97. The Labute approximate surface area is 127 Å². The summed E-state index contributed by atoms with van der Waals surface area (Å²) in [6, 6.07) is 16.9. The van der Waals surface area contributed by atoms with E-state index in [9.17, 15) is 0 Å². The van der Waals surface area contributed by atoms with Crippen LogP contribution in [-0.4, -0.2) is 16.9 Å². The van der Waals surface area contributed by atoms with Gasteiger partial charge in [0.15, 0.2) is 10.9 Å². The van der Waals surface area contributed by atoms with Crippen LogP contribution in [0.5, 0.6) is 17.2 Å². The molecule has 0 aliphatic heterocycles. The van der Waals surface area contributed by atoms with Crippen molar-refractivity contribution in [2.45, 2.75) is 0 Å². The molecule has 0 saturated heterocycles. The summed E-state index contributed by atoms with van der Waals surface area (Å²) in [6.07, 6.45) is 1.60. The van der Waals surface area contributed by atoms with Gasteiger partial charge in [0.1, 0.15) is 11.5 Å². The molecule has 5 heteroatoms. The van der Waals surface area contributed by atoms with Crippen LogP contribution < -0.4 is 9.47 Å². The molecule has 0 saturated carbocycles. The number of benzene rings is 2. The van der Waals surface area contributed by atoms with E-state index in [1.54, 1.807) is 18.0 Å². The molecule has 2 aromatic carbocycles. The molecular formula is C16H13ClN2O2. The first-order valence-corrected chi connectivity index (χ1v) is 6.76. The molecule has 0 fully saturated rings. The van der Waals surface area contributed by atoms with Crippen molar-refractivity contribution in [3.8, 4) is 22.9 Å². The zero-order valence-electron chi connectivity index (χ0n) is 11.4. The molecule has 21 heavy (non-hydrogen) atoms. The second-order valence-electron chi connectivity index (χ2n) is 4.32. The van der Waals surface area contributed by atoms with Crippen molar-refractivity contribution >= 4 is 11.6 Å². The highest BCUT2D eigenvalue weighted by Crippen LogP contribution is 2.31.